The van der Waals surface area contributed by atoms with Crippen LogP contribution < -0.4 is 0 Å². The molecule has 132 valence electrons. The van der Waals surface area contributed by atoms with E-state index in [4.69, 9.17) is 9.97 Å². The number of unbranched alkanes of at least 4 members (excludes halogenated alkanes) is 1. The Labute approximate surface area is 155 Å². The molecule has 0 spiro atoms. The lowest BCUT2D eigenvalue weighted by Gasteiger charge is -2.11. The predicted molar refractivity (Wildman–Crippen MR) is 101 cm³/mol. The zero-order chi connectivity index (χ0) is 17.2. The second kappa shape index (κ2) is 7.37. The number of tetrazole rings is 1. The van der Waals surface area contributed by atoms with E-state index in [1.165, 1.54) is 35.1 Å². The summed E-state index contributed by atoms with van der Waals surface area (Å²) in [6, 6.07) is 0. The maximum absolute atomic E-state index is 4.75. The number of aromatic nitrogens is 6. The molecule has 8 heteroatoms. The van der Waals surface area contributed by atoms with Crippen LogP contribution in [0, 0.1) is 6.92 Å². The molecular formula is C17H22N6S2. The van der Waals surface area contributed by atoms with Crippen LogP contribution in [0.5, 0.6) is 0 Å². The summed E-state index contributed by atoms with van der Waals surface area (Å²) in [7, 11) is 0. The molecule has 0 saturated heterocycles. The third-order valence-electron chi connectivity index (χ3n) is 4.56. The minimum absolute atomic E-state index is 0.743. The molecule has 0 aromatic carbocycles. The van der Waals surface area contributed by atoms with Gasteiger partial charge in [0.1, 0.15) is 15.7 Å². The Bertz CT molecular complexity index is 885. The van der Waals surface area contributed by atoms with E-state index in [2.05, 4.69) is 22.4 Å². The van der Waals surface area contributed by atoms with Crippen molar-refractivity contribution >= 4 is 33.3 Å². The first-order chi connectivity index (χ1) is 12.3. The fraction of sp³-hybridized carbons (Fsp3) is 0.588. The molecule has 0 saturated carbocycles. The van der Waals surface area contributed by atoms with Crippen LogP contribution in [0.2, 0.25) is 0 Å². The average molecular weight is 375 g/mol. The molecule has 4 rings (SSSR count). The monoisotopic (exact) mass is 374 g/mol. The van der Waals surface area contributed by atoms with Crippen LogP contribution >= 0.6 is 23.1 Å². The van der Waals surface area contributed by atoms with Crippen molar-refractivity contribution in [2.45, 2.75) is 69.7 Å². The molecule has 1 aliphatic carbocycles. The molecule has 0 radical (unpaired) electrons. The standard InChI is InChI=1S/C17H22N6S2/c1-3-4-9-23-14(20-21-22-23)10-24-16-15-12-7-5-6-8-13(12)25-17(15)19-11(2)18-16/h3-10H2,1-2H3. The van der Waals surface area contributed by atoms with Crippen molar-refractivity contribution in [2.24, 2.45) is 0 Å². The summed E-state index contributed by atoms with van der Waals surface area (Å²) in [4.78, 5) is 12.1. The zero-order valence-electron chi connectivity index (χ0n) is 14.7. The van der Waals surface area contributed by atoms with Crippen LogP contribution in [0.3, 0.4) is 0 Å². The van der Waals surface area contributed by atoms with Gasteiger partial charge in [0.05, 0.1) is 5.75 Å². The van der Waals surface area contributed by atoms with Crippen molar-refractivity contribution in [3.8, 4) is 0 Å². The lowest BCUT2D eigenvalue weighted by molar-refractivity contribution is 0.540. The van der Waals surface area contributed by atoms with E-state index in [0.717, 1.165) is 53.1 Å². The molecule has 3 heterocycles. The Balaban J connectivity index is 1.63. The summed E-state index contributed by atoms with van der Waals surface area (Å²) in [5.74, 6) is 2.51. The van der Waals surface area contributed by atoms with Crippen molar-refractivity contribution in [3.63, 3.8) is 0 Å². The van der Waals surface area contributed by atoms with Gasteiger partial charge in [0, 0.05) is 16.8 Å². The molecule has 3 aromatic rings. The van der Waals surface area contributed by atoms with Gasteiger partial charge >= 0.3 is 0 Å². The number of rotatable bonds is 6. The molecule has 0 aliphatic heterocycles. The quantitative estimate of drug-likeness (QED) is 0.480. The van der Waals surface area contributed by atoms with Crippen LogP contribution in [-0.4, -0.2) is 30.2 Å². The lowest BCUT2D eigenvalue weighted by atomic mass is 9.97. The smallest absolute Gasteiger partial charge is 0.161 e. The van der Waals surface area contributed by atoms with E-state index in [9.17, 15) is 0 Å². The Morgan fingerprint density at radius 2 is 2.08 bits per heavy atom. The van der Waals surface area contributed by atoms with Gasteiger partial charge in [0.2, 0.25) is 0 Å². The number of hydrogen-bond donors (Lipinski definition) is 0. The largest absolute Gasteiger partial charge is 0.229 e. The highest BCUT2D eigenvalue weighted by Gasteiger charge is 2.21. The Morgan fingerprint density at radius 3 is 2.96 bits per heavy atom. The highest BCUT2D eigenvalue weighted by atomic mass is 32.2. The minimum Gasteiger partial charge on any atom is -0.229 e. The van der Waals surface area contributed by atoms with Crippen LogP contribution in [0.4, 0.5) is 0 Å². The van der Waals surface area contributed by atoms with Gasteiger partial charge in [-0.25, -0.2) is 14.6 Å². The van der Waals surface area contributed by atoms with Crippen molar-refractivity contribution in [1.29, 1.82) is 0 Å². The number of nitrogens with zero attached hydrogens (tertiary/aromatic N) is 6. The van der Waals surface area contributed by atoms with Crippen molar-refractivity contribution < 1.29 is 0 Å². The maximum Gasteiger partial charge on any atom is 0.161 e. The van der Waals surface area contributed by atoms with E-state index >= 15 is 0 Å². The minimum atomic E-state index is 0.743. The SMILES string of the molecule is CCCCn1nnnc1CSc1nc(C)nc2sc3c(c12)CCCC3. The van der Waals surface area contributed by atoms with Gasteiger partial charge in [-0.05, 0) is 55.0 Å². The fourth-order valence-corrected chi connectivity index (χ4v) is 5.68. The van der Waals surface area contributed by atoms with Gasteiger partial charge < -0.3 is 0 Å². The maximum atomic E-state index is 4.75. The highest BCUT2D eigenvalue weighted by Crippen LogP contribution is 2.40. The van der Waals surface area contributed by atoms with E-state index in [-0.39, 0.29) is 0 Å². The normalized spacial score (nSPS) is 14.2. The molecule has 0 unspecified atom stereocenters. The molecule has 0 fully saturated rings. The van der Waals surface area contributed by atoms with Crippen molar-refractivity contribution in [2.75, 3.05) is 0 Å². The van der Waals surface area contributed by atoms with Crippen LogP contribution in [0.1, 0.15) is 54.7 Å². The van der Waals surface area contributed by atoms with E-state index in [1.807, 2.05) is 22.9 Å². The second-order valence-electron chi connectivity index (χ2n) is 6.43. The third kappa shape index (κ3) is 3.42. The first kappa shape index (κ1) is 16.9. The number of thioether (sulfide) groups is 1. The summed E-state index contributed by atoms with van der Waals surface area (Å²) in [6.07, 6.45) is 7.14. The molecule has 0 bridgehead atoms. The van der Waals surface area contributed by atoms with Crippen molar-refractivity contribution in [1.82, 2.24) is 30.2 Å². The first-order valence-electron chi connectivity index (χ1n) is 8.93. The summed E-state index contributed by atoms with van der Waals surface area (Å²) in [5, 5.41) is 14.5. The van der Waals surface area contributed by atoms with Gasteiger partial charge in [-0.3, -0.25) is 0 Å². The first-order valence-corrected chi connectivity index (χ1v) is 10.7. The lowest BCUT2D eigenvalue weighted by Crippen LogP contribution is -2.05. The van der Waals surface area contributed by atoms with E-state index < -0.39 is 0 Å². The van der Waals surface area contributed by atoms with Gasteiger partial charge in [0.25, 0.3) is 0 Å². The topological polar surface area (TPSA) is 69.4 Å². The average Bonchev–Trinajstić information content (AvgIpc) is 3.21. The number of hydrogen-bond acceptors (Lipinski definition) is 7. The summed E-state index contributed by atoms with van der Waals surface area (Å²) >= 11 is 3.59. The molecule has 0 amide bonds. The molecule has 0 N–H and O–H groups in total. The second-order valence-corrected chi connectivity index (χ2v) is 8.48. The van der Waals surface area contributed by atoms with Crippen LogP contribution in [-0.2, 0) is 25.1 Å². The van der Waals surface area contributed by atoms with E-state index in [0.29, 0.717) is 0 Å². The predicted octanol–water partition coefficient (Wildman–Crippen LogP) is 3.96. The van der Waals surface area contributed by atoms with Gasteiger partial charge in [-0.2, -0.15) is 0 Å². The Kier molecular flexibility index (Phi) is 4.98. The van der Waals surface area contributed by atoms with Gasteiger partial charge in [-0.15, -0.1) is 16.4 Å². The summed E-state index contributed by atoms with van der Waals surface area (Å²) < 4.78 is 1.92. The third-order valence-corrected chi connectivity index (χ3v) is 6.72. The molecule has 1 aliphatic rings. The van der Waals surface area contributed by atoms with Gasteiger partial charge in [-0.1, -0.05) is 25.1 Å². The Hall–Kier alpha value is -1.54. The van der Waals surface area contributed by atoms with E-state index in [1.54, 1.807) is 11.8 Å². The molecule has 3 aromatic heterocycles. The van der Waals surface area contributed by atoms with Crippen LogP contribution in [0.15, 0.2) is 5.03 Å². The molecule has 0 atom stereocenters. The molecular weight excluding hydrogens is 352 g/mol. The molecule has 25 heavy (non-hydrogen) atoms. The van der Waals surface area contributed by atoms with Crippen LogP contribution in [0.25, 0.3) is 10.2 Å². The number of aryl methyl sites for hydroxylation is 4. The van der Waals surface area contributed by atoms with Crippen molar-refractivity contribution in [3.05, 3.63) is 22.1 Å². The number of fused-ring (bicyclic) bond motifs is 3. The summed E-state index contributed by atoms with van der Waals surface area (Å²) in [6.45, 7) is 5.04. The van der Waals surface area contributed by atoms with Gasteiger partial charge in [0.15, 0.2) is 5.82 Å². The fourth-order valence-electron chi connectivity index (χ4n) is 3.27. The summed E-state index contributed by atoms with van der Waals surface area (Å²) in [5.41, 5.74) is 1.49. The highest BCUT2D eigenvalue weighted by molar-refractivity contribution is 7.98. The number of thiophene rings is 1. The molecule has 6 nitrogen and oxygen atoms in total. The zero-order valence-corrected chi connectivity index (χ0v) is 16.3. The Morgan fingerprint density at radius 1 is 1.20 bits per heavy atom.